The highest BCUT2D eigenvalue weighted by Crippen LogP contribution is 2.17. The smallest absolute Gasteiger partial charge is 0.231 e. The maximum absolute atomic E-state index is 13.5. The molecule has 0 fully saturated rings. The van der Waals surface area contributed by atoms with Crippen LogP contribution in [-0.2, 0) is 11.2 Å². The molecule has 0 N–H and O–H groups in total. The molecule has 5 heteroatoms. The normalized spacial score (nSPS) is 10.0. The third-order valence-electron chi connectivity index (χ3n) is 3.09. The predicted octanol–water partition coefficient (Wildman–Crippen LogP) is 3.04. The van der Waals surface area contributed by atoms with Gasteiger partial charge in [0.1, 0.15) is 11.6 Å². The third-order valence-corrected chi connectivity index (χ3v) is 3.09. The van der Waals surface area contributed by atoms with E-state index in [1.54, 1.807) is 31.3 Å². The van der Waals surface area contributed by atoms with Gasteiger partial charge in [-0.05, 0) is 29.8 Å². The molecule has 0 radical (unpaired) electrons. The van der Waals surface area contributed by atoms with Crippen molar-refractivity contribution >= 4 is 11.6 Å². The summed E-state index contributed by atoms with van der Waals surface area (Å²) in [6.07, 6.45) is -0.181. The Kier molecular flexibility index (Phi) is 4.29. The molecule has 0 aliphatic carbocycles. The van der Waals surface area contributed by atoms with Crippen molar-refractivity contribution in [3.63, 3.8) is 0 Å². The number of carbonyl (C=O) groups excluding carboxylic acids is 1. The van der Waals surface area contributed by atoms with E-state index in [9.17, 15) is 13.6 Å². The van der Waals surface area contributed by atoms with Crippen LogP contribution in [0.25, 0.3) is 0 Å². The van der Waals surface area contributed by atoms with Crippen LogP contribution in [0.4, 0.5) is 14.5 Å². The molecule has 3 nitrogen and oxygen atoms in total. The molecule has 0 unspecified atom stereocenters. The van der Waals surface area contributed by atoms with Crippen molar-refractivity contribution in [3.8, 4) is 6.07 Å². The molecule has 0 atom stereocenters. The molecular weight excluding hydrogens is 274 g/mol. The summed E-state index contributed by atoms with van der Waals surface area (Å²) in [4.78, 5) is 13.5. The van der Waals surface area contributed by atoms with E-state index in [4.69, 9.17) is 5.26 Å². The molecule has 0 heterocycles. The van der Waals surface area contributed by atoms with E-state index in [0.29, 0.717) is 11.3 Å². The summed E-state index contributed by atoms with van der Waals surface area (Å²) in [6.45, 7) is 0. The third kappa shape index (κ3) is 3.42. The summed E-state index contributed by atoms with van der Waals surface area (Å²) in [5.74, 6) is -1.78. The van der Waals surface area contributed by atoms with Crippen LogP contribution >= 0.6 is 0 Å². The fourth-order valence-electron chi connectivity index (χ4n) is 1.87. The number of likely N-dealkylation sites (N-methyl/N-ethyl adjacent to an activating group) is 1. The van der Waals surface area contributed by atoms with Crippen molar-refractivity contribution in [2.45, 2.75) is 6.42 Å². The highest BCUT2D eigenvalue weighted by atomic mass is 19.1. The molecule has 0 saturated heterocycles. The van der Waals surface area contributed by atoms with Crippen molar-refractivity contribution in [3.05, 3.63) is 65.2 Å². The van der Waals surface area contributed by atoms with Crippen LogP contribution in [0.3, 0.4) is 0 Å². The van der Waals surface area contributed by atoms with Crippen molar-refractivity contribution in [1.29, 1.82) is 5.26 Å². The predicted molar refractivity (Wildman–Crippen MR) is 74.6 cm³/mol. The Labute approximate surface area is 121 Å². The molecule has 21 heavy (non-hydrogen) atoms. The molecule has 106 valence electrons. The van der Waals surface area contributed by atoms with Gasteiger partial charge < -0.3 is 4.90 Å². The first-order chi connectivity index (χ1) is 10.0. The minimum atomic E-state index is -0.748. The Morgan fingerprint density at radius 2 is 2.00 bits per heavy atom. The molecule has 2 aromatic carbocycles. The van der Waals surface area contributed by atoms with Crippen LogP contribution in [0.2, 0.25) is 0 Å². The lowest BCUT2D eigenvalue weighted by atomic mass is 10.1. The van der Waals surface area contributed by atoms with Crippen LogP contribution in [0.15, 0.2) is 42.5 Å². The number of rotatable bonds is 3. The van der Waals surface area contributed by atoms with Gasteiger partial charge in [-0.1, -0.05) is 12.1 Å². The van der Waals surface area contributed by atoms with Gasteiger partial charge in [0.25, 0.3) is 0 Å². The van der Waals surface area contributed by atoms with Gasteiger partial charge in [-0.15, -0.1) is 0 Å². The number of amides is 1. The molecule has 1 amide bonds. The van der Waals surface area contributed by atoms with Crippen molar-refractivity contribution in [2.24, 2.45) is 0 Å². The van der Waals surface area contributed by atoms with Crippen molar-refractivity contribution < 1.29 is 13.6 Å². The molecule has 0 spiro atoms. The topological polar surface area (TPSA) is 44.1 Å². The van der Waals surface area contributed by atoms with Gasteiger partial charge in [-0.3, -0.25) is 4.79 Å². The summed E-state index contributed by atoms with van der Waals surface area (Å²) in [5.41, 5.74) is 1.10. The molecule has 2 aromatic rings. The first-order valence-corrected chi connectivity index (χ1v) is 6.22. The zero-order chi connectivity index (χ0) is 15.4. The monoisotopic (exact) mass is 286 g/mol. The Morgan fingerprint density at radius 3 is 2.67 bits per heavy atom. The summed E-state index contributed by atoms with van der Waals surface area (Å²) >= 11 is 0. The van der Waals surface area contributed by atoms with Crippen LogP contribution in [0.1, 0.15) is 11.1 Å². The fourth-order valence-corrected chi connectivity index (χ4v) is 1.87. The lowest BCUT2D eigenvalue weighted by molar-refractivity contribution is -0.117. The molecule has 0 aliphatic rings. The number of benzene rings is 2. The van der Waals surface area contributed by atoms with Gasteiger partial charge in [0.05, 0.1) is 18.1 Å². The second-order valence-electron chi connectivity index (χ2n) is 4.53. The van der Waals surface area contributed by atoms with Crippen molar-refractivity contribution in [1.82, 2.24) is 0 Å². The van der Waals surface area contributed by atoms with Gasteiger partial charge in [0, 0.05) is 18.8 Å². The van der Waals surface area contributed by atoms with Gasteiger partial charge in [-0.2, -0.15) is 5.26 Å². The number of hydrogen-bond acceptors (Lipinski definition) is 2. The standard InChI is InChI=1S/C16H12F2N2O/c1-20(14-4-2-3-11(7-14)10-19)16(21)8-12-5-6-13(17)9-15(12)18/h2-7,9H,8H2,1H3. The Balaban J connectivity index is 2.17. The Hall–Kier alpha value is -2.74. The summed E-state index contributed by atoms with van der Waals surface area (Å²) in [7, 11) is 1.54. The first-order valence-electron chi connectivity index (χ1n) is 6.22. The maximum Gasteiger partial charge on any atom is 0.231 e. The average molecular weight is 286 g/mol. The summed E-state index contributed by atoms with van der Waals surface area (Å²) < 4.78 is 26.4. The van der Waals surface area contributed by atoms with E-state index in [1.165, 1.54) is 11.0 Å². The maximum atomic E-state index is 13.5. The van der Waals surface area contributed by atoms with Crippen molar-refractivity contribution in [2.75, 3.05) is 11.9 Å². The zero-order valence-electron chi connectivity index (χ0n) is 11.3. The Bertz CT molecular complexity index is 722. The largest absolute Gasteiger partial charge is 0.315 e. The van der Waals surface area contributed by atoms with E-state index >= 15 is 0 Å². The lowest BCUT2D eigenvalue weighted by Crippen LogP contribution is -2.28. The van der Waals surface area contributed by atoms with Crippen LogP contribution < -0.4 is 4.90 Å². The molecule has 0 aliphatic heterocycles. The summed E-state index contributed by atoms with van der Waals surface area (Å²) in [5, 5.41) is 8.84. The van der Waals surface area contributed by atoms with E-state index in [-0.39, 0.29) is 17.9 Å². The fraction of sp³-hybridized carbons (Fsp3) is 0.125. The second kappa shape index (κ2) is 6.14. The number of nitrogens with zero attached hydrogens (tertiary/aromatic N) is 2. The highest BCUT2D eigenvalue weighted by molar-refractivity contribution is 5.94. The van der Waals surface area contributed by atoms with Gasteiger partial charge in [-0.25, -0.2) is 8.78 Å². The second-order valence-corrected chi connectivity index (χ2v) is 4.53. The quantitative estimate of drug-likeness (QED) is 0.870. The number of nitriles is 1. The van der Waals surface area contributed by atoms with Gasteiger partial charge in [0.15, 0.2) is 0 Å². The molecule has 2 rings (SSSR count). The zero-order valence-corrected chi connectivity index (χ0v) is 11.3. The molecule has 0 bridgehead atoms. The van der Waals surface area contributed by atoms with Crippen LogP contribution in [0.5, 0.6) is 0 Å². The lowest BCUT2D eigenvalue weighted by Gasteiger charge is -2.17. The van der Waals surface area contributed by atoms with Gasteiger partial charge >= 0.3 is 0 Å². The molecular formula is C16H12F2N2O. The minimum Gasteiger partial charge on any atom is -0.315 e. The van der Waals surface area contributed by atoms with E-state index in [1.807, 2.05) is 6.07 Å². The van der Waals surface area contributed by atoms with Crippen LogP contribution in [-0.4, -0.2) is 13.0 Å². The SMILES string of the molecule is CN(C(=O)Cc1ccc(F)cc1F)c1cccc(C#N)c1. The summed E-state index contributed by atoms with van der Waals surface area (Å²) in [6, 6.07) is 11.6. The van der Waals surface area contributed by atoms with Gasteiger partial charge in [0.2, 0.25) is 5.91 Å². The average Bonchev–Trinajstić information content (AvgIpc) is 2.49. The van der Waals surface area contributed by atoms with E-state index < -0.39 is 11.6 Å². The number of carbonyl (C=O) groups is 1. The highest BCUT2D eigenvalue weighted by Gasteiger charge is 2.14. The first kappa shape index (κ1) is 14.7. The minimum absolute atomic E-state index is 0.129. The molecule has 0 aromatic heterocycles. The van der Waals surface area contributed by atoms with E-state index in [2.05, 4.69) is 0 Å². The number of halogens is 2. The number of hydrogen-bond donors (Lipinski definition) is 0. The van der Waals surface area contributed by atoms with Crippen LogP contribution in [0, 0.1) is 23.0 Å². The molecule has 0 saturated carbocycles. The Morgan fingerprint density at radius 1 is 1.24 bits per heavy atom. The number of anilines is 1. The van der Waals surface area contributed by atoms with E-state index in [0.717, 1.165) is 12.1 Å².